The molecule has 4 atom stereocenters. The number of aliphatic hydroxyl groups is 1. The molecule has 51 heavy (non-hydrogen) atoms. The van der Waals surface area contributed by atoms with Crippen molar-refractivity contribution in [2.75, 3.05) is 13.7 Å². The fraction of sp³-hybridized carbons (Fsp3) is 0.415. The Kier molecular flexibility index (Phi) is 11.4. The summed E-state index contributed by atoms with van der Waals surface area (Å²) in [5.41, 5.74) is 9.90. The first-order valence-corrected chi connectivity index (χ1v) is 17.6. The van der Waals surface area contributed by atoms with Gasteiger partial charge in [-0.1, -0.05) is 79.5 Å². The first-order chi connectivity index (χ1) is 23.9. The SMILES string of the molecule is C=Cc1c2[n-]c(c1C)/C=C1\NC(C3=c4[n-]c(c(C)c4=C(O)[C@@H]3C(=O)OC)/C=c3\[n-]/c(c(C)c3CC)=C\2)[C@@H](CCC(=O)OC/C=C(/C)CC)[C@@H]1C.[Mg+2]. The normalized spacial score (nSPS) is 22.9. The maximum atomic E-state index is 13.5. The van der Waals surface area contributed by atoms with E-state index in [4.69, 9.17) is 24.4 Å². The molecule has 1 aliphatic carbocycles. The predicted octanol–water partition coefficient (Wildman–Crippen LogP) is 2.84. The summed E-state index contributed by atoms with van der Waals surface area (Å²) in [5, 5.41) is 18.3. The number of aromatic nitrogens is 3. The monoisotopic (exact) mass is 699 g/mol. The van der Waals surface area contributed by atoms with E-state index in [0.717, 1.165) is 74.0 Å². The Balaban J connectivity index is 0.00000504. The van der Waals surface area contributed by atoms with Gasteiger partial charge < -0.3 is 34.8 Å². The summed E-state index contributed by atoms with van der Waals surface area (Å²) in [6.07, 6.45) is 12.2. The van der Waals surface area contributed by atoms with Crippen LogP contribution < -0.4 is 41.5 Å². The molecule has 1 unspecified atom stereocenters. The topological polar surface area (TPSA) is 127 Å². The van der Waals surface area contributed by atoms with Crippen molar-refractivity contribution in [3.05, 3.63) is 90.1 Å². The maximum Gasteiger partial charge on any atom is 2.00 e. The van der Waals surface area contributed by atoms with Gasteiger partial charge in [-0.3, -0.25) is 9.59 Å². The molecule has 0 spiro atoms. The van der Waals surface area contributed by atoms with Gasteiger partial charge in [0.15, 0.2) is 0 Å². The van der Waals surface area contributed by atoms with Gasteiger partial charge in [-0.05, 0) is 70.1 Å². The number of esters is 2. The number of hydrogen-bond donors (Lipinski definition) is 2. The number of rotatable bonds is 9. The third kappa shape index (κ3) is 6.68. The Morgan fingerprint density at radius 3 is 2.37 bits per heavy atom. The molecule has 9 nitrogen and oxygen atoms in total. The molecule has 0 aromatic carbocycles. The minimum Gasteiger partial charge on any atom is -0.657 e. The van der Waals surface area contributed by atoms with Gasteiger partial charge in [0.05, 0.1) is 13.2 Å². The Bertz CT molecular complexity index is 2210. The second-order valence-corrected chi connectivity index (χ2v) is 13.7. The molecule has 3 aliphatic rings. The van der Waals surface area contributed by atoms with Crippen LogP contribution in [0.25, 0.3) is 35.6 Å². The van der Waals surface area contributed by atoms with Crippen LogP contribution in [0.5, 0.6) is 0 Å². The van der Waals surface area contributed by atoms with E-state index < -0.39 is 17.9 Å². The molecule has 6 rings (SSSR count). The minimum absolute atomic E-state index is 0. The first kappa shape index (κ1) is 38.1. The van der Waals surface area contributed by atoms with Crippen LogP contribution in [0, 0.1) is 38.5 Å². The van der Waals surface area contributed by atoms with Crippen LogP contribution >= 0.6 is 0 Å². The quantitative estimate of drug-likeness (QED) is 0.197. The molecular formula is C41H47MgN4O5-. The summed E-state index contributed by atoms with van der Waals surface area (Å²) in [6.45, 7) is 18.7. The van der Waals surface area contributed by atoms with E-state index in [0.29, 0.717) is 28.3 Å². The Hall–Kier alpha value is -4.15. The van der Waals surface area contributed by atoms with Crippen molar-refractivity contribution in [1.29, 1.82) is 0 Å². The average molecular weight is 700 g/mol. The number of carbonyl (C=O) groups is 2. The molecule has 3 aromatic rings. The number of methoxy groups -OCH3 is 1. The number of hydrogen-bond acceptors (Lipinski definition) is 6. The van der Waals surface area contributed by atoms with E-state index in [1.54, 1.807) is 0 Å². The maximum absolute atomic E-state index is 13.5. The van der Waals surface area contributed by atoms with Gasteiger partial charge >= 0.3 is 35.0 Å². The molecule has 2 aliphatic heterocycles. The zero-order valence-electron chi connectivity index (χ0n) is 31.1. The summed E-state index contributed by atoms with van der Waals surface area (Å²) in [5.74, 6) is -2.15. The Morgan fingerprint density at radius 2 is 1.71 bits per heavy atom. The predicted molar refractivity (Wildman–Crippen MR) is 201 cm³/mol. The fourth-order valence-corrected chi connectivity index (χ4v) is 7.81. The van der Waals surface area contributed by atoms with Gasteiger partial charge in [0.1, 0.15) is 18.3 Å². The van der Waals surface area contributed by atoms with Crippen molar-refractivity contribution in [3.8, 4) is 0 Å². The van der Waals surface area contributed by atoms with E-state index in [9.17, 15) is 14.7 Å². The van der Waals surface area contributed by atoms with Crippen LogP contribution in [0.15, 0.2) is 23.9 Å². The van der Waals surface area contributed by atoms with Crippen LogP contribution in [0.3, 0.4) is 0 Å². The number of aliphatic hydroxyl groups excluding tert-OH is 1. The van der Waals surface area contributed by atoms with E-state index in [2.05, 4.69) is 45.7 Å². The molecule has 2 N–H and O–H groups in total. The molecule has 3 aromatic heterocycles. The number of nitrogens with zero attached hydrogens (tertiary/aromatic N) is 3. The fourth-order valence-electron chi connectivity index (χ4n) is 7.81. The minimum atomic E-state index is -1.03. The van der Waals surface area contributed by atoms with Gasteiger partial charge in [-0.25, -0.2) is 0 Å². The van der Waals surface area contributed by atoms with Crippen molar-refractivity contribution in [1.82, 2.24) is 20.3 Å². The molecule has 8 bridgehead atoms. The largest absolute Gasteiger partial charge is 2.00 e. The van der Waals surface area contributed by atoms with Crippen LogP contribution in [0.4, 0.5) is 0 Å². The van der Waals surface area contributed by atoms with Crippen LogP contribution in [0.1, 0.15) is 91.9 Å². The molecule has 0 saturated carbocycles. The molecule has 0 radical (unpaired) electrons. The number of allylic oxidation sites excluding steroid dienone is 2. The molecular weight excluding hydrogens is 653 g/mol. The molecule has 264 valence electrons. The van der Waals surface area contributed by atoms with Gasteiger partial charge in [0, 0.05) is 23.3 Å². The number of ether oxygens (including phenoxy) is 2. The molecule has 0 amide bonds. The number of carbonyl (C=O) groups excluding carboxylic acids is 2. The van der Waals surface area contributed by atoms with Gasteiger partial charge in [-0.15, -0.1) is 33.1 Å². The third-order valence-corrected chi connectivity index (χ3v) is 11.0. The zero-order valence-corrected chi connectivity index (χ0v) is 32.5. The third-order valence-electron chi connectivity index (χ3n) is 11.0. The molecule has 1 fully saturated rings. The Labute approximate surface area is 315 Å². The van der Waals surface area contributed by atoms with Gasteiger partial charge in [-0.2, -0.15) is 0 Å². The molecule has 10 heteroatoms. The van der Waals surface area contributed by atoms with Crippen LogP contribution in [0.2, 0.25) is 0 Å². The summed E-state index contributed by atoms with van der Waals surface area (Å²) < 4.78 is 10.8. The van der Waals surface area contributed by atoms with E-state index in [1.165, 1.54) is 7.11 Å². The smallest absolute Gasteiger partial charge is 0.657 e. The zero-order chi connectivity index (χ0) is 36.0. The summed E-state index contributed by atoms with van der Waals surface area (Å²) in [6, 6.07) is -0.439. The van der Waals surface area contributed by atoms with Crippen molar-refractivity contribution in [2.24, 2.45) is 17.8 Å². The standard InChI is InChI=1S/C41H47N4O5.Mg/c1-10-20(4)15-16-50-34(46)14-13-27-23(7)30-17-28-21(5)25(11-2)32(42-28)18-29-22(6)26(12-3)33(43-29)19-31-24(8)35-39(45-31)36(38(27)44-30)37(40(35)47)41(48)49-9;/h11,15,17-19,23,27,37-38,44,47H,2,10,12-14,16H2,1,3-9H3;/q-3;+2/b20-15-,29-18-,30-17-,33-19-;/t23-,27-,37+,38?;/m0./s1. The summed E-state index contributed by atoms with van der Waals surface area (Å²) in [4.78, 5) is 41.7. The Morgan fingerprint density at radius 1 is 1.00 bits per heavy atom. The van der Waals surface area contributed by atoms with E-state index >= 15 is 0 Å². The van der Waals surface area contributed by atoms with Crippen molar-refractivity contribution >= 4 is 70.6 Å². The summed E-state index contributed by atoms with van der Waals surface area (Å²) >= 11 is 0. The van der Waals surface area contributed by atoms with Gasteiger partial charge in [0.25, 0.3) is 0 Å². The molecule has 1 saturated heterocycles. The van der Waals surface area contributed by atoms with Crippen LogP contribution in [-0.2, 0) is 25.5 Å². The van der Waals surface area contributed by atoms with Crippen molar-refractivity contribution in [3.63, 3.8) is 0 Å². The van der Waals surface area contributed by atoms with E-state index in [1.807, 2.05) is 45.1 Å². The van der Waals surface area contributed by atoms with Crippen LogP contribution in [-0.4, -0.2) is 59.9 Å². The van der Waals surface area contributed by atoms with Crippen molar-refractivity contribution in [2.45, 2.75) is 80.2 Å². The van der Waals surface area contributed by atoms with E-state index in [-0.39, 0.29) is 59.6 Å². The van der Waals surface area contributed by atoms with Crippen molar-refractivity contribution < 1.29 is 24.2 Å². The second-order valence-electron chi connectivity index (χ2n) is 13.7. The second kappa shape index (κ2) is 15.2. The van der Waals surface area contributed by atoms with Gasteiger partial charge in [0.2, 0.25) is 0 Å². The summed E-state index contributed by atoms with van der Waals surface area (Å²) in [7, 11) is 1.33. The average Bonchev–Trinajstić information content (AvgIpc) is 3.84. The molecule has 5 heterocycles. The first-order valence-electron chi connectivity index (χ1n) is 17.6. The number of fused-ring (bicyclic) bond motifs is 8. The number of nitrogens with one attached hydrogen (secondary N) is 1.